The number of aryl methyl sites for hydroxylation is 2. The Morgan fingerprint density at radius 3 is 2.14 bits per heavy atom. The fourth-order valence-electron chi connectivity index (χ4n) is 2.56. The van der Waals surface area contributed by atoms with Crippen molar-refractivity contribution in [2.45, 2.75) is 64.8 Å². The van der Waals surface area contributed by atoms with Crippen LogP contribution in [0.15, 0.2) is 17.0 Å². The summed E-state index contributed by atoms with van der Waals surface area (Å²) >= 11 is 0. The molecule has 1 aromatic rings. The minimum absolute atomic E-state index is 0.0447. The Morgan fingerprint density at radius 1 is 1.10 bits per heavy atom. The lowest BCUT2D eigenvalue weighted by atomic mass is 10.1. The number of benzene rings is 1. The second-order valence-electron chi connectivity index (χ2n) is 5.68. The molecule has 1 aromatic carbocycles. The van der Waals surface area contributed by atoms with Crippen LogP contribution in [0.1, 0.15) is 51.2 Å². The molecule has 0 saturated heterocycles. The Hall–Kier alpha value is -1.07. The molecule has 4 nitrogen and oxygen atoms in total. The van der Waals surface area contributed by atoms with E-state index < -0.39 is 10.0 Å². The van der Waals surface area contributed by atoms with Gasteiger partial charge in [-0.1, -0.05) is 20.3 Å². The molecule has 120 valence electrons. The van der Waals surface area contributed by atoms with Gasteiger partial charge in [0.05, 0.1) is 4.90 Å². The highest BCUT2D eigenvalue weighted by Gasteiger charge is 2.22. The Bertz CT molecular complexity index is 545. The quantitative estimate of drug-likeness (QED) is 0.771. The largest absolute Gasteiger partial charge is 0.385 e. The van der Waals surface area contributed by atoms with Crippen molar-refractivity contribution in [1.29, 1.82) is 0 Å². The van der Waals surface area contributed by atoms with Gasteiger partial charge in [0.2, 0.25) is 10.0 Å². The molecule has 5 heteroatoms. The Morgan fingerprint density at radius 2 is 1.67 bits per heavy atom. The molecule has 0 aliphatic carbocycles. The predicted octanol–water partition coefficient (Wildman–Crippen LogP) is 3.59. The van der Waals surface area contributed by atoms with Crippen molar-refractivity contribution >= 4 is 15.7 Å². The molecule has 21 heavy (non-hydrogen) atoms. The fraction of sp³-hybridized carbons (Fsp3) is 0.625. The number of anilines is 1. The van der Waals surface area contributed by atoms with E-state index in [0.29, 0.717) is 4.90 Å². The maximum atomic E-state index is 12.6. The van der Waals surface area contributed by atoms with Crippen molar-refractivity contribution in [2.24, 2.45) is 0 Å². The van der Waals surface area contributed by atoms with Crippen LogP contribution in [-0.2, 0) is 10.0 Å². The second-order valence-corrected chi connectivity index (χ2v) is 7.33. The third-order valence-corrected chi connectivity index (χ3v) is 5.28. The molecule has 1 atom stereocenters. The zero-order valence-electron chi connectivity index (χ0n) is 13.8. The molecule has 0 aliphatic rings. The monoisotopic (exact) mass is 312 g/mol. The molecular weight excluding hydrogens is 284 g/mol. The molecule has 0 aliphatic heterocycles. The van der Waals surface area contributed by atoms with Gasteiger partial charge in [0, 0.05) is 18.3 Å². The smallest absolute Gasteiger partial charge is 0.241 e. The molecule has 0 amide bonds. The lowest BCUT2D eigenvalue weighted by Crippen LogP contribution is -2.33. The lowest BCUT2D eigenvalue weighted by molar-refractivity contribution is 0.543. The number of rotatable bonds is 8. The van der Waals surface area contributed by atoms with Crippen LogP contribution in [0.5, 0.6) is 0 Å². The van der Waals surface area contributed by atoms with E-state index in [1.807, 2.05) is 32.9 Å². The average molecular weight is 312 g/mol. The minimum Gasteiger partial charge on any atom is -0.385 e. The van der Waals surface area contributed by atoms with Gasteiger partial charge in [0.1, 0.15) is 0 Å². The van der Waals surface area contributed by atoms with Gasteiger partial charge in [-0.2, -0.15) is 0 Å². The zero-order chi connectivity index (χ0) is 16.0. The summed E-state index contributed by atoms with van der Waals surface area (Å²) in [5, 5.41) is 3.30. The van der Waals surface area contributed by atoms with E-state index in [0.717, 1.165) is 42.6 Å². The fourth-order valence-corrected chi connectivity index (χ4v) is 4.29. The molecule has 0 fully saturated rings. The molecule has 2 N–H and O–H groups in total. The Kier molecular flexibility index (Phi) is 6.68. The van der Waals surface area contributed by atoms with Crippen molar-refractivity contribution in [3.05, 3.63) is 23.3 Å². The lowest BCUT2D eigenvalue weighted by Gasteiger charge is -2.18. The molecule has 0 spiro atoms. The summed E-state index contributed by atoms with van der Waals surface area (Å²) in [7, 11) is -3.46. The van der Waals surface area contributed by atoms with Crippen LogP contribution < -0.4 is 10.0 Å². The molecular formula is C16H28N2O2S. The highest BCUT2D eigenvalue weighted by molar-refractivity contribution is 7.89. The van der Waals surface area contributed by atoms with Gasteiger partial charge >= 0.3 is 0 Å². The van der Waals surface area contributed by atoms with Crippen LogP contribution in [0.4, 0.5) is 5.69 Å². The van der Waals surface area contributed by atoms with E-state index in [1.54, 1.807) is 0 Å². The maximum absolute atomic E-state index is 12.6. The van der Waals surface area contributed by atoms with E-state index in [1.165, 1.54) is 0 Å². The summed E-state index contributed by atoms with van der Waals surface area (Å²) < 4.78 is 27.9. The van der Waals surface area contributed by atoms with Gasteiger partial charge in [0.15, 0.2) is 0 Å². The number of hydrogen-bond donors (Lipinski definition) is 2. The van der Waals surface area contributed by atoms with Crippen LogP contribution in [-0.4, -0.2) is 21.0 Å². The summed E-state index contributed by atoms with van der Waals surface area (Å²) in [5.74, 6) is 0. The van der Waals surface area contributed by atoms with Crippen LogP contribution in [0.25, 0.3) is 0 Å². The molecule has 0 bridgehead atoms. The summed E-state index contributed by atoms with van der Waals surface area (Å²) in [4.78, 5) is 0.410. The van der Waals surface area contributed by atoms with Crippen LogP contribution in [0.3, 0.4) is 0 Å². The molecule has 1 rings (SSSR count). The Balaban J connectivity index is 3.07. The van der Waals surface area contributed by atoms with E-state index in [2.05, 4.69) is 23.9 Å². The van der Waals surface area contributed by atoms with Crippen molar-refractivity contribution < 1.29 is 8.42 Å². The first-order valence-corrected chi connectivity index (χ1v) is 9.17. The summed E-state index contributed by atoms with van der Waals surface area (Å²) in [6, 6.07) is 3.76. The first-order valence-electron chi connectivity index (χ1n) is 7.69. The third kappa shape index (κ3) is 5.00. The van der Waals surface area contributed by atoms with E-state index >= 15 is 0 Å². The third-order valence-electron chi connectivity index (χ3n) is 3.39. The second kappa shape index (κ2) is 7.80. The normalized spacial score (nSPS) is 13.2. The van der Waals surface area contributed by atoms with Gasteiger partial charge in [-0.15, -0.1) is 0 Å². The predicted molar refractivity (Wildman–Crippen MR) is 89.4 cm³/mol. The first-order chi connectivity index (χ1) is 9.81. The van der Waals surface area contributed by atoms with Crippen molar-refractivity contribution in [2.75, 3.05) is 11.9 Å². The zero-order valence-corrected chi connectivity index (χ0v) is 14.6. The van der Waals surface area contributed by atoms with Gasteiger partial charge in [-0.05, 0) is 56.9 Å². The molecule has 0 saturated carbocycles. The van der Waals surface area contributed by atoms with Crippen LogP contribution in [0.2, 0.25) is 0 Å². The van der Waals surface area contributed by atoms with Crippen molar-refractivity contribution in [3.63, 3.8) is 0 Å². The molecule has 0 aromatic heterocycles. The molecule has 0 heterocycles. The highest BCUT2D eigenvalue weighted by atomic mass is 32.2. The van der Waals surface area contributed by atoms with Crippen LogP contribution in [0, 0.1) is 13.8 Å². The number of nitrogens with one attached hydrogen (secondary N) is 2. The van der Waals surface area contributed by atoms with Crippen LogP contribution >= 0.6 is 0 Å². The number of hydrogen-bond acceptors (Lipinski definition) is 3. The van der Waals surface area contributed by atoms with Crippen molar-refractivity contribution in [3.8, 4) is 0 Å². The average Bonchev–Trinajstić information content (AvgIpc) is 2.34. The number of sulfonamides is 1. The van der Waals surface area contributed by atoms with Gasteiger partial charge < -0.3 is 5.32 Å². The summed E-state index contributed by atoms with van der Waals surface area (Å²) in [6.45, 7) is 10.6. The molecule has 1 unspecified atom stereocenters. The van der Waals surface area contributed by atoms with Gasteiger partial charge in [-0.25, -0.2) is 13.1 Å². The Labute approximate surface area is 129 Å². The maximum Gasteiger partial charge on any atom is 0.241 e. The SMILES string of the molecule is CCCNc1cc(C)c(S(=O)(=O)NC(C)CCC)c(C)c1. The van der Waals surface area contributed by atoms with E-state index in [9.17, 15) is 8.42 Å². The highest BCUT2D eigenvalue weighted by Crippen LogP contribution is 2.25. The minimum atomic E-state index is -3.46. The van der Waals surface area contributed by atoms with Crippen molar-refractivity contribution in [1.82, 2.24) is 4.72 Å². The topological polar surface area (TPSA) is 58.2 Å². The summed E-state index contributed by atoms with van der Waals surface area (Å²) in [6.07, 6.45) is 2.84. The van der Waals surface area contributed by atoms with E-state index in [4.69, 9.17) is 0 Å². The summed E-state index contributed by atoms with van der Waals surface area (Å²) in [5.41, 5.74) is 2.54. The molecule has 0 radical (unpaired) electrons. The standard InChI is InChI=1S/C16H28N2O2S/c1-6-8-14(5)18-21(19,20)16-12(3)10-15(11-13(16)4)17-9-7-2/h10-11,14,17-18H,6-9H2,1-5H3. The van der Waals surface area contributed by atoms with E-state index in [-0.39, 0.29) is 6.04 Å². The van der Waals surface area contributed by atoms with Gasteiger partial charge in [-0.3, -0.25) is 0 Å². The first kappa shape index (κ1) is 18.0. The van der Waals surface area contributed by atoms with Gasteiger partial charge in [0.25, 0.3) is 0 Å².